The number of para-hydroxylation sites is 3. The molecule has 0 atom stereocenters. The average Bonchev–Trinajstić information content (AvgIpc) is 3.93. The molecule has 0 N–H and O–H groups in total. The third-order valence-corrected chi connectivity index (χ3v) is 15.6. The summed E-state index contributed by atoms with van der Waals surface area (Å²) in [5, 5.41) is 2.33. The molecule has 346 valence electrons. The lowest BCUT2D eigenvalue weighted by Crippen LogP contribution is -2.34. The van der Waals surface area contributed by atoms with Crippen LogP contribution in [0.3, 0.4) is 0 Å². The lowest BCUT2D eigenvalue weighted by atomic mass is 9.62. The Morgan fingerprint density at radius 3 is 1.85 bits per heavy atom. The summed E-state index contributed by atoms with van der Waals surface area (Å²) >= 11 is 0. The molecular weight excluding hydrogens is 865 g/mol. The number of hydrogen-bond acceptors (Lipinski definition) is 2. The number of aromatic nitrogens is 4. The van der Waals surface area contributed by atoms with Crippen molar-refractivity contribution in [1.29, 1.82) is 0 Å². The Balaban J connectivity index is 0.968. The van der Waals surface area contributed by atoms with Crippen molar-refractivity contribution in [3.63, 3.8) is 0 Å². The SMILES string of the molecule is CC(C)(C)c1ccnc(-n2c3ccccc3c3ccc(Oc4cccc(-n5[c-][n+](-c6cccc7c6-c6cc8c(cc6-c6ccccc6-c6ccccc6-7)C(C)(C)CCC8(C)C)c6ccccc65)c4)cc32)c1. The highest BCUT2D eigenvalue weighted by atomic mass is 16.5. The van der Waals surface area contributed by atoms with Crippen LogP contribution in [0.4, 0.5) is 0 Å². The van der Waals surface area contributed by atoms with Gasteiger partial charge in [-0.05, 0) is 145 Å². The third-order valence-electron chi connectivity index (χ3n) is 15.6. The van der Waals surface area contributed by atoms with Gasteiger partial charge in [0, 0.05) is 28.6 Å². The second-order valence-corrected chi connectivity index (χ2v) is 22.0. The van der Waals surface area contributed by atoms with Gasteiger partial charge in [0.1, 0.15) is 17.3 Å². The second-order valence-electron chi connectivity index (χ2n) is 22.0. The topological polar surface area (TPSA) is 35.9 Å². The molecule has 2 aliphatic rings. The predicted molar refractivity (Wildman–Crippen MR) is 292 cm³/mol. The fraction of sp³-hybridized carbons (Fsp3) is 0.182. The zero-order valence-electron chi connectivity index (χ0n) is 41.5. The number of benzene rings is 8. The van der Waals surface area contributed by atoms with E-state index in [4.69, 9.17) is 9.72 Å². The van der Waals surface area contributed by atoms with Gasteiger partial charge < -0.3 is 4.74 Å². The van der Waals surface area contributed by atoms with Gasteiger partial charge in [-0.15, -0.1) is 0 Å². The van der Waals surface area contributed by atoms with E-state index in [1.165, 1.54) is 66.6 Å². The predicted octanol–water partition coefficient (Wildman–Crippen LogP) is 16.6. The quantitative estimate of drug-likeness (QED) is 0.127. The minimum Gasteiger partial charge on any atom is -0.458 e. The van der Waals surface area contributed by atoms with Crippen LogP contribution in [0.2, 0.25) is 0 Å². The molecule has 2 aliphatic carbocycles. The van der Waals surface area contributed by atoms with E-state index >= 15 is 0 Å². The normalized spacial score (nSPS) is 14.5. The summed E-state index contributed by atoms with van der Waals surface area (Å²) in [4.78, 5) is 4.91. The zero-order chi connectivity index (χ0) is 48.4. The van der Waals surface area contributed by atoms with Crippen LogP contribution in [-0.2, 0) is 16.2 Å². The molecule has 71 heavy (non-hydrogen) atoms. The van der Waals surface area contributed by atoms with Crippen LogP contribution >= 0.6 is 0 Å². The van der Waals surface area contributed by atoms with Crippen LogP contribution in [0.1, 0.15) is 78.0 Å². The fourth-order valence-corrected chi connectivity index (χ4v) is 11.7. The van der Waals surface area contributed by atoms with Gasteiger partial charge in [0.25, 0.3) is 6.33 Å². The maximum atomic E-state index is 6.83. The zero-order valence-corrected chi connectivity index (χ0v) is 41.5. The Labute approximate surface area is 416 Å². The molecule has 3 aromatic heterocycles. The van der Waals surface area contributed by atoms with Crippen LogP contribution < -0.4 is 9.30 Å². The second kappa shape index (κ2) is 15.7. The number of hydrogen-bond donors (Lipinski definition) is 0. The van der Waals surface area contributed by atoms with E-state index in [2.05, 4.69) is 244 Å². The molecule has 0 amide bonds. The van der Waals surface area contributed by atoms with Crippen molar-refractivity contribution >= 4 is 32.8 Å². The van der Waals surface area contributed by atoms with E-state index in [9.17, 15) is 0 Å². The summed E-state index contributed by atoms with van der Waals surface area (Å²) in [5.41, 5.74) is 20.4. The number of imidazole rings is 1. The first-order valence-electron chi connectivity index (χ1n) is 25.1. The molecule has 0 saturated carbocycles. The third kappa shape index (κ3) is 6.88. The highest BCUT2D eigenvalue weighted by Gasteiger charge is 2.39. The first-order chi connectivity index (χ1) is 34.3. The smallest absolute Gasteiger partial charge is 0.269 e. The van der Waals surface area contributed by atoms with E-state index in [0.717, 1.165) is 69.0 Å². The molecule has 11 aromatic rings. The van der Waals surface area contributed by atoms with Crippen LogP contribution in [0.15, 0.2) is 188 Å². The molecule has 5 heteroatoms. The largest absolute Gasteiger partial charge is 0.458 e. The van der Waals surface area contributed by atoms with Crippen molar-refractivity contribution in [2.75, 3.05) is 0 Å². The summed E-state index contributed by atoms with van der Waals surface area (Å²) in [6, 6.07) is 66.2. The highest BCUT2D eigenvalue weighted by molar-refractivity contribution is 6.10. The Kier molecular flexibility index (Phi) is 9.54. The van der Waals surface area contributed by atoms with Gasteiger partial charge >= 0.3 is 0 Å². The molecule has 0 aliphatic heterocycles. The maximum absolute atomic E-state index is 6.83. The van der Waals surface area contributed by atoms with Crippen LogP contribution in [0.25, 0.3) is 94.5 Å². The lowest BCUT2D eigenvalue weighted by Gasteiger charge is -2.43. The minimum absolute atomic E-state index is 0.0179. The molecule has 0 unspecified atom stereocenters. The average molecular weight is 921 g/mol. The molecule has 3 heterocycles. The molecule has 0 bridgehead atoms. The van der Waals surface area contributed by atoms with Crippen molar-refractivity contribution in [2.45, 2.75) is 77.6 Å². The summed E-state index contributed by atoms with van der Waals surface area (Å²) in [7, 11) is 0. The molecule has 0 saturated heterocycles. The summed E-state index contributed by atoms with van der Waals surface area (Å²) in [6.45, 7) is 16.5. The summed E-state index contributed by atoms with van der Waals surface area (Å²) < 4.78 is 13.6. The van der Waals surface area contributed by atoms with Crippen molar-refractivity contribution in [1.82, 2.24) is 14.1 Å². The van der Waals surface area contributed by atoms with Crippen molar-refractivity contribution < 1.29 is 9.30 Å². The molecular formula is C66H56N4O. The van der Waals surface area contributed by atoms with E-state index in [-0.39, 0.29) is 16.2 Å². The van der Waals surface area contributed by atoms with E-state index in [0.29, 0.717) is 0 Å². The van der Waals surface area contributed by atoms with Crippen molar-refractivity contribution in [2.24, 2.45) is 0 Å². The van der Waals surface area contributed by atoms with Gasteiger partial charge in [-0.3, -0.25) is 13.7 Å². The Morgan fingerprint density at radius 2 is 1.11 bits per heavy atom. The first kappa shape index (κ1) is 43.0. The highest BCUT2D eigenvalue weighted by Crippen LogP contribution is 2.54. The number of ether oxygens (including phenoxy) is 1. The fourth-order valence-electron chi connectivity index (χ4n) is 11.7. The summed E-state index contributed by atoms with van der Waals surface area (Å²) in [6.07, 6.45) is 8.13. The summed E-state index contributed by atoms with van der Waals surface area (Å²) in [5.74, 6) is 2.38. The number of nitrogens with zero attached hydrogens (tertiary/aromatic N) is 4. The molecule has 0 fully saturated rings. The van der Waals surface area contributed by atoms with Gasteiger partial charge in [-0.2, -0.15) is 0 Å². The van der Waals surface area contributed by atoms with E-state index in [1.54, 1.807) is 0 Å². The number of fused-ring (bicyclic) bond motifs is 13. The van der Waals surface area contributed by atoms with Crippen LogP contribution in [0, 0.1) is 6.33 Å². The number of pyridine rings is 1. The molecule has 8 aromatic carbocycles. The first-order valence-corrected chi connectivity index (χ1v) is 25.1. The maximum Gasteiger partial charge on any atom is 0.269 e. The van der Waals surface area contributed by atoms with E-state index in [1.807, 2.05) is 12.3 Å². The number of rotatable bonds is 5. The Hall–Kier alpha value is -8.02. The Morgan fingerprint density at radius 1 is 0.521 bits per heavy atom. The molecule has 0 radical (unpaired) electrons. The van der Waals surface area contributed by atoms with Gasteiger partial charge in [0.15, 0.2) is 0 Å². The van der Waals surface area contributed by atoms with Crippen molar-refractivity contribution in [3.05, 3.63) is 211 Å². The van der Waals surface area contributed by atoms with Gasteiger partial charge in [0.05, 0.1) is 33.4 Å². The molecule has 0 spiro atoms. The van der Waals surface area contributed by atoms with Crippen LogP contribution in [0.5, 0.6) is 11.5 Å². The molecule has 5 nitrogen and oxygen atoms in total. The van der Waals surface area contributed by atoms with Gasteiger partial charge in [-0.25, -0.2) is 4.98 Å². The molecule has 13 rings (SSSR count). The standard InChI is InChI=1S/C66H56N4O/c1-64(2,3)42-32-35-67-62(36-42)70-57-26-13-12-24-50(57)51-31-30-45(38-61(51)70)71-44-19-16-18-43(37-44)68-41-69(59-28-15-14-27-58(59)68)60-29-17-25-52-48-22-10-8-20-46(48)47-21-9-11-23-49(47)53-39-55-56(40-54(53)63(52)60)66(6,7)34-33-65(55,4)5/h8-32,35-40H,33-34H2,1-7H3. The van der Waals surface area contributed by atoms with Crippen molar-refractivity contribution in [3.8, 4) is 73.2 Å². The van der Waals surface area contributed by atoms with E-state index < -0.39 is 0 Å². The lowest BCUT2D eigenvalue weighted by molar-refractivity contribution is -0.571. The van der Waals surface area contributed by atoms with Gasteiger partial charge in [-0.1, -0.05) is 164 Å². The monoisotopic (exact) mass is 920 g/mol. The minimum atomic E-state index is -0.0179. The van der Waals surface area contributed by atoms with Gasteiger partial charge in [0.2, 0.25) is 0 Å². The van der Waals surface area contributed by atoms with Crippen LogP contribution in [-0.4, -0.2) is 14.1 Å². The Bertz CT molecular complexity index is 3970.